The molecule has 0 fully saturated rings. The molecule has 0 radical (unpaired) electrons. The van der Waals surface area contributed by atoms with E-state index in [2.05, 4.69) is 4.13 Å². The molecule has 0 atom stereocenters. The minimum Gasteiger partial charge on any atom is -0.478 e. The quantitative estimate of drug-likeness (QED) is 0.828. The van der Waals surface area contributed by atoms with Gasteiger partial charge < -0.3 is 5.11 Å². The first-order chi connectivity index (χ1) is 9.50. The largest absolute Gasteiger partial charge is 0.478 e. The summed E-state index contributed by atoms with van der Waals surface area (Å²) in [5.41, 5.74) is 0.0493. The van der Waals surface area contributed by atoms with Gasteiger partial charge in [0.25, 0.3) is 0 Å². The molecule has 0 unspecified atom stereocenters. The molecule has 2 aromatic rings. The summed E-state index contributed by atoms with van der Waals surface area (Å²) in [7, 11) is -3.68. The monoisotopic (exact) mass is 309 g/mol. The Labute approximate surface area is 120 Å². The zero-order valence-electron chi connectivity index (χ0n) is 10.2. The molecule has 0 heterocycles. The van der Waals surface area contributed by atoms with E-state index < -0.39 is 16.0 Å². The number of sulfonamides is 1. The lowest BCUT2D eigenvalue weighted by Gasteiger charge is -2.07. The van der Waals surface area contributed by atoms with Crippen LogP contribution in [0.2, 0.25) is 0 Å². The Morgan fingerprint density at radius 3 is 2.25 bits per heavy atom. The van der Waals surface area contributed by atoms with Crippen molar-refractivity contribution in [2.75, 3.05) is 0 Å². The van der Waals surface area contributed by atoms with Gasteiger partial charge >= 0.3 is 5.97 Å². The van der Waals surface area contributed by atoms with Crippen LogP contribution in [0.15, 0.2) is 64.4 Å². The second-order valence-corrected chi connectivity index (χ2v) is 6.59. The van der Waals surface area contributed by atoms with Crippen molar-refractivity contribution < 1.29 is 18.3 Å². The molecule has 0 amide bonds. The summed E-state index contributed by atoms with van der Waals surface area (Å²) in [6, 6.07) is 14.1. The van der Waals surface area contributed by atoms with E-state index in [0.717, 1.165) is 11.9 Å². The van der Waals surface area contributed by atoms with Crippen LogP contribution in [0.4, 0.5) is 0 Å². The highest BCUT2D eigenvalue weighted by atomic mass is 32.3. The van der Waals surface area contributed by atoms with Crippen LogP contribution in [0.1, 0.15) is 10.4 Å². The molecule has 0 aromatic heterocycles. The molecule has 0 aliphatic carbocycles. The van der Waals surface area contributed by atoms with Crippen LogP contribution in [0, 0.1) is 0 Å². The topological polar surface area (TPSA) is 83.5 Å². The molecule has 0 spiro atoms. The van der Waals surface area contributed by atoms with Gasteiger partial charge in [-0.1, -0.05) is 30.3 Å². The average Bonchev–Trinajstić information content (AvgIpc) is 2.46. The summed E-state index contributed by atoms with van der Waals surface area (Å²) in [4.78, 5) is 11.5. The normalized spacial score (nSPS) is 11.2. The molecule has 2 rings (SSSR count). The van der Waals surface area contributed by atoms with Crippen molar-refractivity contribution in [1.29, 1.82) is 0 Å². The molecule has 7 heteroatoms. The highest BCUT2D eigenvalue weighted by Crippen LogP contribution is 2.22. The van der Waals surface area contributed by atoms with E-state index in [1.165, 1.54) is 18.2 Å². The molecule has 2 N–H and O–H groups in total. The van der Waals surface area contributed by atoms with Gasteiger partial charge in [0.2, 0.25) is 10.0 Å². The van der Waals surface area contributed by atoms with Crippen LogP contribution in [0.3, 0.4) is 0 Å². The maximum absolute atomic E-state index is 12.0. The second-order valence-electron chi connectivity index (χ2n) is 3.80. The van der Waals surface area contributed by atoms with E-state index in [4.69, 9.17) is 5.11 Å². The fraction of sp³-hybridized carbons (Fsp3) is 0. The third kappa shape index (κ3) is 3.38. The molecule has 5 nitrogen and oxygen atoms in total. The fourth-order valence-electron chi connectivity index (χ4n) is 1.48. The third-order valence-electron chi connectivity index (χ3n) is 2.43. The standard InChI is InChI=1S/C13H11NO4S2/c15-13(16)11-8-4-5-9-12(11)19-14-20(17,18)10-6-2-1-3-7-10/h1-9,14H,(H,15,16). The van der Waals surface area contributed by atoms with E-state index >= 15 is 0 Å². The van der Waals surface area contributed by atoms with Crippen LogP contribution < -0.4 is 4.13 Å². The average molecular weight is 309 g/mol. The smallest absolute Gasteiger partial charge is 0.336 e. The molecule has 104 valence electrons. The number of carboxylic acids is 1. The first kappa shape index (κ1) is 14.6. The molecule has 20 heavy (non-hydrogen) atoms. The molecule has 0 aliphatic rings. The van der Waals surface area contributed by atoms with E-state index in [1.54, 1.807) is 36.4 Å². The van der Waals surface area contributed by atoms with Gasteiger partial charge in [-0.3, -0.25) is 0 Å². The Morgan fingerprint density at radius 1 is 1.00 bits per heavy atom. The Bertz CT molecular complexity index is 714. The number of carbonyl (C=O) groups is 1. The van der Waals surface area contributed by atoms with Crippen LogP contribution >= 0.6 is 11.9 Å². The predicted octanol–water partition coefficient (Wildman–Crippen LogP) is 2.37. The third-order valence-corrected chi connectivity index (χ3v) is 5.11. The van der Waals surface area contributed by atoms with Crippen LogP contribution in [-0.4, -0.2) is 19.5 Å². The molecular formula is C13H11NO4S2. The van der Waals surface area contributed by atoms with Crippen LogP contribution in [0.5, 0.6) is 0 Å². The van der Waals surface area contributed by atoms with Crippen molar-refractivity contribution in [3.05, 3.63) is 60.2 Å². The summed E-state index contributed by atoms with van der Waals surface area (Å²) in [6.07, 6.45) is 0. The SMILES string of the molecule is O=C(O)c1ccccc1SNS(=O)(=O)c1ccccc1. The number of hydrogen-bond acceptors (Lipinski definition) is 4. The molecule has 0 aliphatic heterocycles. The zero-order valence-corrected chi connectivity index (χ0v) is 11.8. The van der Waals surface area contributed by atoms with E-state index in [0.29, 0.717) is 4.90 Å². The Kier molecular flexibility index (Phi) is 4.43. The first-order valence-electron chi connectivity index (χ1n) is 5.57. The highest BCUT2D eigenvalue weighted by Gasteiger charge is 2.16. The van der Waals surface area contributed by atoms with Crippen molar-refractivity contribution in [2.24, 2.45) is 0 Å². The number of hydrogen-bond donors (Lipinski definition) is 2. The van der Waals surface area contributed by atoms with Crippen molar-refractivity contribution >= 4 is 27.9 Å². The lowest BCUT2D eigenvalue weighted by Crippen LogP contribution is -2.17. The predicted molar refractivity (Wildman–Crippen MR) is 76.0 cm³/mol. The lowest BCUT2D eigenvalue weighted by molar-refractivity contribution is 0.0693. The second kappa shape index (κ2) is 6.08. The van der Waals surface area contributed by atoms with Crippen molar-refractivity contribution in [3.8, 4) is 0 Å². The van der Waals surface area contributed by atoms with Gasteiger partial charge in [-0.15, -0.1) is 4.13 Å². The van der Waals surface area contributed by atoms with Gasteiger partial charge in [0.1, 0.15) is 0 Å². The molecular weight excluding hydrogens is 298 g/mol. The number of benzene rings is 2. The molecule has 0 saturated carbocycles. The van der Waals surface area contributed by atoms with Gasteiger partial charge in [-0.2, -0.15) is 0 Å². The number of carboxylic acid groups (broad SMARTS) is 1. The van der Waals surface area contributed by atoms with Crippen molar-refractivity contribution in [3.63, 3.8) is 0 Å². The van der Waals surface area contributed by atoms with Gasteiger partial charge in [-0.05, 0) is 36.2 Å². The minimum atomic E-state index is -3.68. The van der Waals surface area contributed by atoms with Crippen LogP contribution in [-0.2, 0) is 10.0 Å². The minimum absolute atomic E-state index is 0.0493. The zero-order chi connectivity index (χ0) is 14.6. The Hall–Kier alpha value is -1.83. The summed E-state index contributed by atoms with van der Waals surface area (Å²) < 4.78 is 26.3. The number of rotatable bonds is 5. The summed E-state index contributed by atoms with van der Waals surface area (Å²) in [5.74, 6) is -1.10. The number of nitrogens with one attached hydrogen (secondary N) is 1. The lowest BCUT2D eigenvalue weighted by atomic mass is 10.2. The number of aromatic carboxylic acids is 1. The molecule has 0 saturated heterocycles. The Morgan fingerprint density at radius 2 is 1.60 bits per heavy atom. The molecule has 0 bridgehead atoms. The Balaban J connectivity index is 2.19. The van der Waals surface area contributed by atoms with E-state index in [9.17, 15) is 13.2 Å². The highest BCUT2D eigenvalue weighted by molar-refractivity contribution is 8.09. The van der Waals surface area contributed by atoms with Gasteiger partial charge in [0.05, 0.1) is 10.5 Å². The van der Waals surface area contributed by atoms with Gasteiger partial charge in [-0.25, -0.2) is 13.2 Å². The fourth-order valence-corrected chi connectivity index (χ4v) is 3.59. The maximum atomic E-state index is 12.0. The maximum Gasteiger partial charge on any atom is 0.336 e. The van der Waals surface area contributed by atoms with Gasteiger partial charge in [0.15, 0.2) is 0 Å². The molecule has 2 aromatic carbocycles. The summed E-state index contributed by atoms with van der Waals surface area (Å²) >= 11 is 0.758. The van der Waals surface area contributed by atoms with Crippen LogP contribution in [0.25, 0.3) is 0 Å². The van der Waals surface area contributed by atoms with E-state index in [-0.39, 0.29) is 10.5 Å². The van der Waals surface area contributed by atoms with Crippen molar-refractivity contribution in [1.82, 2.24) is 4.13 Å². The summed E-state index contributed by atoms with van der Waals surface area (Å²) in [5, 5.41) is 9.02. The summed E-state index contributed by atoms with van der Waals surface area (Å²) in [6.45, 7) is 0. The van der Waals surface area contributed by atoms with Crippen molar-refractivity contribution in [2.45, 2.75) is 9.79 Å². The van der Waals surface area contributed by atoms with Gasteiger partial charge in [0, 0.05) is 4.90 Å². The van der Waals surface area contributed by atoms with E-state index in [1.807, 2.05) is 0 Å². The first-order valence-corrected chi connectivity index (χ1v) is 7.87.